The fourth-order valence-electron chi connectivity index (χ4n) is 4.72. The van der Waals surface area contributed by atoms with Crippen molar-refractivity contribution in [2.24, 2.45) is 0 Å². The lowest BCUT2D eigenvalue weighted by atomic mass is 9.71. The summed E-state index contributed by atoms with van der Waals surface area (Å²) < 4.78 is 56.6. The zero-order valence-electron chi connectivity index (χ0n) is 20.2. The molecular weight excluding hydrogens is 536 g/mol. The fourth-order valence-corrected chi connectivity index (χ4v) is 5.35. The van der Waals surface area contributed by atoms with Crippen LogP contribution >= 0.6 is 12.4 Å². The average molecular weight is 562 g/mol. The third-order valence-corrected chi connectivity index (χ3v) is 7.09. The van der Waals surface area contributed by atoms with Crippen molar-refractivity contribution in [3.8, 4) is 5.75 Å². The van der Waals surface area contributed by atoms with E-state index in [2.05, 4.69) is 5.32 Å². The summed E-state index contributed by atoms with van der Waals surface area (Å²) in [5.41, 5.74) is -2.83. The topological polar surface area (TPSA) is 135 Å². The molecule has 10 nitrogen and oxygen atoms in total. The summed E-state index contributed by atoms with van der Waals surface area (Å²) in [6.07, 6.45) is 1.68. The number of nitrogens with one attached hydrogen (secondary N) is 1. The van der Waals surface area contributed by atoms with Crippen LogP contribution in [0, 0.1) is 11.6 Å². The number of carbonyl (C=O) groups is 2. The third kappa shape index (κ3) is 5.34. The molecule has 4 rings (SSSR count). The first-order valence-electron chi connectivity index (χ1n) is 11.1. The zero-order valence-corrected chi connectivity index (χ0v) is 21.8. The Balaban J connectivity index is 0.00000380. The number of rotatable bonds is 6. The fraction of sp³-hybridized carbons (Fsp3) is 0.435. The van der Waals surface area contributed by atoms with Crippen LogP contribution in [0.3, 0.4) is 0 Å². The molecule has 14 heteroatoms. The number of benzene rings is 1. The number of hydrogen-bond donors (Lipinski definition) is 2. The molecule has 2 aliphatic rings. The van der Waals surface area contributed by atoms with Crippen LogP contribution < -0.4 is 10.7 Å². The molecule has 1 fully saturated rings. The molecular formula is C23H26ClF2N3O7S. The molecule has 2 amide bonds. The standard InChI is InChI=1S/C23H25F2N3O7S.ClH/c1-12(2)27-11-23(7-15(8-23)35-36(3,33)34)28-10-16(19(29)20(30)18(28)22(27)32)21(31)26-9-13-4-5-14(24)6-17(13)25;/h4-6,10,12,15,30H,7-9,11H2,1-3H3,(H,26,31);1H/t15-,23-;. The Morgan fingerprint density at radius 1 is 1.27 bits per heavy atom. The van der Waals surface area contributed by atoms with Crippen molar-refractivity contribution < 1.29 is 36.1 Å². The number of halogens is 3. The van der Waals surface area contributed by atoms with Crippen molar-refractivity contribution in [2.45, 2.75) is 50.9 Å². The summed E-state index contributed by atoms with van der Waals surface area (Å²) in [6.45, 7) is 3.30. The van der Waals surface area contributed by atoms with E-state index in [9.17, 15) is 36.7 Å². The maximum Gasteiger partial charge on any atom is 0.274 e. The molecule has 1 spiro atoms. The molecule has 0 bridgehead atoms. The predicted octanol–water partition coefficient (Wildman–Crippen LogP) is 1.88. The molecule has 2 aromatic rings. The number of aromatic nitrogens is 1. The lowest BCUT2D eigenvalue weighted by molar-refractivity contribution is -0.0379. The van der Waals surface area contributed by atoms with Crippen LogP contribution in [0.4, 0.5) is 8.78 Å². The number of amides is 2. The number of carbonyl (C=O) groups excluding carboxylic acids is 2. The van der Waals surface area contributed by atoms with Gasteiger partial charge in [0.15, 0.2) is 11.4 Å². The minimum Gasteiger partial charge on any atom is -0.503 e. The van der Waals surface area contributed by atoms with Gasteiger partial charge in [0.1, 0.15) is 17.2 Å². The highest BCUT2D eigenvalue weighted by Gasteiger charge is 2.54. The molecule has 0 unspecified atom stereocenters. The van der Waals surface area contributed by atoms with Crippen molar-refractivity contribution in [3.63, 3.8) is 0 Å². The Morgan fingerprint density at radius 3 is 2.49 bits per heavy atom. The summed E-state index contributed by atoms with van der Waals surface area (Å²) in [5, 5.41) is 13.1. The molecule has 0 atom stereocenters. The first-order chi connectivity index (χ1) is 16.7. The van der Waals surface area contributed by atoms with Crippen LogP contribution in [0.1, 0.15) is 53.1 Å². The molecule has 0 radical (unpaired) electrons. The van der Waals surface area contributed by atoms with Crippen molar-refractivity contribution in [3.05, 3.63) is 63.1 Å². The van der Waals surface area contributed by atoms with Gasteiger partial charge in [0.2, 0.25) is 5.43 Å². The van der Waals surface area contributed by atoms with Gasteiger partial charge >= 0.3 is 0 Å². The maximum absolute atomic E-state index is 13.9. The number of nitrogens with zero attached hydrogens (tertiary/aromatic N) is 2. The van der Waals surface area contributed by atoms with Crippen molar-refractivity contribution in [2.75, 3.05) is 12.8 Å². The van der Waals surface area contributed by atoms with E-state index in [1.807, 2.05) is 0 Å². The Hall–Kier alpha value is -3.03. The Kier molecular flexibility index (Phi) is 7.73. The second kappa shape index (κ2) is 10.0. The first-order valence-corrected chi connectivity index (χ1v) is 12.9. The maximum atomic E-state index is 13.9. The van der Waals surface area contributed by atoms with Crippen molar-refractivity contribution >= 4 is 34.3 Å². The smallest absolute Gasteiger partial charge is 0.274 e. The first kappa shape index (κ1) is 28.5. The van der Waals surface area contributed by atoms with E-state index in [4.69, 9.17) is 4.18 Å². The molecule has 37 heavy (non-hydrogen) atoms. The third-order valence-electron chi connectivity index (χ3n) is 6.47. The second-order valence-corrected chi connectivity index (χ2v) is 11.0. The molecule has 1 aliphatic heterocycles. The number of pyridine rings is 1. The Labute approximate surface area is 217 Å². The monoisotopic (exact) mass is 561 g/mol. The van der Waals surface area contributed by atoms with Gasteiger partial charge in [-0.3, -0.25) is 18.6 Å². The minimum atomic E-state index is -3.74. The number of aromatic hydroxyl groups is 1. The highest BCUT2D eigenvalue weighted by molar-refractivity contribution is 7.86. The van der Waals surface area contributed by atoms with Gasteiger partial charge in [0, 0.05) is 49.8 Å². The summed E-state index contributed by atoms with van der Waals surface area (Å²) in [5.74, 6) is -4.14. The normalized spacial score (nSPS) is 20.9. The molecule has 2 N–H and O–H groups in total. The van der Waals surface area contributed by atoms with Gasteiger partial charge in [-0.05, 0) is 19.9 Å². The van der Waals surface area contributed by atoms with Gasteiger partial charge in [-0.2, -0.15) is 8.42 Å². The van der Waals surface area contributed by atoms with E-state index in [-0.39, 0.29) is 55.6 Å². The minimum absolute atomic E-state index is 0. The summed E-state index contributed by atoms with van der Waals surface area (Å²) in [6, 6.07) is 2.53. The Morgan fingerprint density at radius 2 is 1.92 bits per heavy atom. The Bertz CT molecular complexity index is 1420. The van der Waals surface area contributed by atoms with E-state index >= 15 is 0 Å². The van der Waals surface area contributed by atoms with Crippen molar-refractivity contribution in [1.29, 1.82) is 0 Å². The van der Waals surface area contributed by atoms with E-state index in [0.29, 0.717) is 6.07 Å². The molecule has 202 valence electrons. The quantitative estimate of drug-likeness (QED) is 0.514. The second-order valence-electron chi connectivity index (χ2n) is 9.44. The molecule has 1 aromatic carbocycles. The average Bonchev–Trinajstić information content (AvgIpc) is 2.74. The van der Waals surface area contributed by atoms with Crippen LogP contribution in [-0.4, -0.2) is 59.8 Å². The highest BCUT2D eigenvalue weighted by atomic mass is 35.5. The number of fused-ring (bicyclic) bond motifs is 2. The van der Waals surface area contributed by atoms with Gasteiger partial charge in [-0.15, -0.1) is 12.4 Å². The highest BCUT2D eigenvalue weighted by Crippen LogP contribution is 2.46. The van der Waals surface area contributed by atoms with Gasteiger partial charge < -0.3 is 19.9 Å². The van der Waals surface area contributed by atoms with Crippen molar-refractivity contribution in [1.82, 2.24) is 14.8 Å². The molecule has 1 aromatic heterocycles. The van der Waals surface area contributed by atoms with E-state index in [1.165, 1.54) is 9.47 Å². The summed E-state index contributed by atoms with van der Waals surface area (Å²) in [7, 11) is -3.74. The van der Waals surface area contributed by atoms with Crippen LogP contribution in [0.25, 0.3) is 0 Å². The van der Waals surface area contributed by atoms with Crippen LogP contribution in [0.5, 0.6) is 5.75 Å². The van der Waals surface area contributed by atoms with Gasteiger partial charge in [-0.1, -0.05) is 6.07 Å². The molecule has 0 saturated heterocycles. The van der Waals surface area contributed by atoms with Crippen LogP contribution in [0.15, 0.2) is 29.2 Å². The van der Waals surface area contributed by atoms with Gasteiger partial charge in [0.25, 0.3) is 21.9 Å². The zero-order chi connectivity index (χ0) is 26.6. The molecule has 2 heterocycles. The predicted molar refractivity (Wildman–Crippen MR) is 130 cm³/mol. The van der Waals surface area contributed by atoms with E-state index < -0.39 is 62.0 Å². The van der Waals surface area contributed by atoms with Gasteiger partial charge in [-0.25, -0.2) is 8.78 Å². The summed E-state index contributed by atoms with van der Waals surface area (Å²) in [4.78, 5) is 40.3. The van der Waals surface area contributed by atoms with Crippen LogP contribution in [0.2, 0.25) is 0 Å². The SMILES string of the molecule is CC(C)N1C[C@]2(C[C@@H](OS(C)(=O)=O)C2)n2cc(C(=O)NCc3ccc(F)cc3F)c(=O)c(O)c2C1=O.Cl. The summed E-state index contributed by atoms with van der Waals surface area (Å²) >= 11 is 0. The van der Waals surface area contributed by atoms with E-state index in [1.54, 1.807) is 13.8 Å². The molecule has 1 saturated carbocycles. The van der Waals surface area contributed by atoms with Crippen LogP contribution in [-0.2, 0) is 26.4 Å². The number of hydrogen-bond acceptors (Lipinski definition) is 7. The molecule has 1 aliphatic carbocycles. The lowest BCUT2D eigenvalue weighted by Gasteiger charge is -2.54. The van der Waals surface area contributed by atoms with E-state index in [0.717, 1.165) is 24.6 Å². The van der Waals surface area contributed by atoms with Gasteiger partial charge in [0.05, 0.1) is 17.9 Å². The largest absolute Gasteiger partial charge is 0.503 e. The lowest BCUT2D eigenvalue weighted by Crippen LogP contribution is -2.63.